The lowest BCUT2D eigenvalue weighted by atomic mass is 10.3. The number of sulfone groups is 1. The normalized spacial score (nSPS) is 11.5. The number of hydrogen-bond donors (Lipinski definition) is 0. The molecule has 0 aliphatic heterocycles. The number of thiazole rings is 1. The number of rotatable bonds is 7. The van der Waals surface area contributed by atoms with Crippen molar-refractivity contribution in [1.29, 1.82) is 0 Å². The fraction of sp³-hybridized carbons (Fsp3) is 0.143. The van der Waals surface area contributed by atoms with Crippen LogP contribution in [0.3, 0.4) is 0 Å². The lowest BCUT2D eigenvalue weighted by Crippen LogP contribution is -2.35. The molecule has 1 amide bonds. The van der Waals surface area contributed by atoms with E-state index in [4.69, 9.17) is 9.15 Å². The molecule has 0 spiro atoms. The van der Waals surface area contributed by atoms with Crippen molar-refractivity contribution in [2.75, 3.05) is 17.8 Å². The molecule has 10 heteroatoms. The molecule has 7 nitrogen and oxygen atoms in total. The molecule has 0 aliphatic carbocycles. The van der Waals surface area contributed by atoms with E-state index < -0.39 is 27.3 Å². The molecule has 0 unspecified atom stereocenters. The molecule has 0 saturated heterocycles. The number of furan rings is 1. The van der Waals surface area contributed by atoms with Crippen LogP contribution in [0.4, 0.5) is 9.52 Å². The molecule has 0 atom stereocenters. The van der Waals surface area contributed by atoms with Crippen LogP contribution in [-0.2, 0) is 21.2 Å². The van der Waals surface area contributed by atoms with Crippen molar-refractivity contribution in [2.45, 2.75) is 11.4 Å². The molecule has 31 heavy (non-hydrogen) atoms. The lowest BCUT2D eigenvalue weighted by Gasteiger charge is -2.18. The summed E-state index contributed by atoms with van der Waals surface area (Å²) in [6, 6.07) is 13.2. The van der Waals surface area contributed by atoms with Crippen molar-refractivity contribution >= 4 is 42.4 Å². The van der Waals surface area contributed by atoms with Crippen molar-refractivity contribution in [2.24, 2.45) is 0 Å². The zero-order valence-electron chi connectivity index (χ0n) is 16.3. The van der Waals surface area contributed by atoms with Gasteiger partial charge in [-0.05, 0) is 54.6 Å². The summed E-state index contributed by atoms with van der Waals surface area (Å²) < 4.78 is 50.1. The molecule has 2 aromatic carbocycles. The quantitative estimate of drug-likeness (QED) is 0.413. The van der Waals surface area contributed by atoms with Crippen LogP contribution in [0.25, 0.3) is 10.2 Å². The van der Waals surface area contributed by atoms with Crippen LogP contribution >= 0.6 is 11.3 Å². The highest BCUT2D eigenvalue weighted by atomic mass is 32.2. The fourth-order valence-corrected chi connectivity index (χ4v) is 5.13. The van der Waals surface area contributed by atoms with Crippen LogP contribution in [0, 0.1) is 5.82 Å². The van der Waals surface area contributed by atoms with Crippen LogP contribution in [0.5, 0.6) is 5.75 Å². The Hall–Kier alpha value is -3.24. The molecule has 2 aromatic heterocycles. The second kappa shape index (κ2) is 8.48. The van der Waals surface area contributed by atoms with Gasteiger partial charge in [-0.2, -0.15) is 0 Å². The van der Waals surface area contributed by atoms with Crippen LogP contribution in [0.15, 0.2) is 70.2 Å². The minimum absolute atomic E-state index is 0.00553. The largest absolute Gasteiger partial charge is 0.497 e. The Kier molecular flexibility index (Phi) is 5.75. The van der Waals surface area contributed by atoms with E-state index in [9.17, 15) is 17.6 Å². The molecule has 0 bridgehead atoms. The number of carbonyl (C=O) groups is 1. The van der Waals surface area contributed by atoms with Crippen molar-refractivity contribution in [1.82, 2.24) is 4.98 Å². The maximum absolute atomic E-state index is 13.6. The minimum Gasteiger partial charge on any atom is -0.497 e. The van der Waals surface area contributed by atoms with Crippen molar-refractivity contribution in [3.8, 4) is 5.75 Å². The first-order valence-corrected chi connectivity index (χ1v) is 11.6. The third-order valence-electron chi connectivity index (χ3n) is 4.50. The minimum atomic E-state index is -3.91. The number of anilines is 1. The Labute approximate surface area is 181 Å². The molecule has 0 saturated carbocycles. The number of amides is 1. The van der Waals surface area contributed by atoms with E-state index in [0.717, 1.165) is 11.3 Å². The molecule has 0 aliphatic rings. The predicted molar refractivity (Wildman–Crippen MR) is 115 cm³/mol. The lowest BCUT2D eigenvalue weighted by molar-refractivity contribution is -0.116. The summed E-state index contributed by atoms with van der Waals surface area (Å²) in [5.41, 5.74) is 0.511. The number of hydrogen-bond acceptors (Lipinski definition) is 7. The Morgan fingerprint density at radius 1 is 1.19 bits per heavy atom. The summed E-state index contributed by atoms with van der Waals surface area (Å²) >= 11 is 1.10. The van der Waals surface area contributed by atoms with Gasteiger partial charge in [0.1, 0.15) is 23.1 Å². The molecule has 0 fully saturated rings. The van der Waals surface area contributed by atoms with E-state index in [0.29, 0.717) is 21.7 Å². The van der Waals surface area contributed by atoms with E-state index >= 15 is 0 Å². The maximum atomic E-state index is 13.6. The van der Waals surface area contributed by atoms with E-state index in [-0.39, 0.29) is 16.6 Å². The third-order valence-corrected chi connectivity index (χ3v) is 7.16. The first-order valence-electron chi connectivity index (χ1n) is 9.11. The highest BCUT2D eigenvalue weighted by Crippen LogP contribution is 2.31. The number of nitrogens with zero attached hydrogens (tertiary/aromatic N) is 2. The highest BCUT2D eigenvalue weighted by Gasteiger charge is 2.27. The Morgan fingerprint density at radius 3 is 2.65 bits per heavy atom. The summed E-state index contributed by atoms with van der Waals surface area (Å²) in [4.78, 5) is 18.7. The number of aromatic nitrogens is 1. The fourth-order valence-electron chi connectivity index (χ4n) is 2.93. The second-order valence-electron chi connectivity index (χ2n) is 6.60. The average molecular weight is 461 g/mol. The molecule has 160 valence electrons. The Bertz CT molecular complexity index is 1320. The summed E-state index contributed by atoms with van der Waals surface area (Å²) in [6.07, 6.45) is 1.46. The van der Waals surface area contributed by atoms with Gasteiger partial charge in [0.15, 0.2) is 15.0 Å². The number of fused-ring (bicyclic) bond motifs is 1. The van der Waals surface area contributed by atoms with E-state index in [1.807, 2.05) is 0 Å². The summed E-state index contributed by atoms with van der Waals surface area (Å²) in [5, 5.41) is 0.256. The number of ether oxygens (including phenoxy) is 1. The first kappa shape index (κ1) is 21.0. The molecular weight excluding hydrogens is 443 g/mol. The van der Waals surface area contributed by atoms with E-state index in [2.05, 4.69) is 4.98 Å². The van der Waals surface area contributed by atoms with Crippen LogP contribution < -0.4 is 9.64 Å². The van der Waals surface area contributed by atoms with Gasteiger partial charge in [-0.1, -0.05) is 11.3 Å². The van der Waals surface area contributed by atoms with Crippen molar-refractivity contribution in [3.05, 3.63) is 72.4 Å². The van der Waals surface area contributed by atoms with Crippen molar-refractivity contribution in [3.63, 3.8) is 0 Å². The molecular formula is C21H17FN2O5S2. The topological polar surface area (TPSA) is 89.7 Å². The highest BCUT2D eigenvalue weighted by molar-refractivity contribution is 7.92. The SMILES string of the molecule is COc1ccc(S(=O)(=O)CC(=O)N(Cc2ccco2)c2nc3ccc(F)cc3s2)cc1. The van der Waals surface area contributed by atoms with Crippen LogP contribution in [0.1, 0.15) is 5.76 Å². The number of halogens is 1. The Balaban J connectivity index is 1.65. The average Bonchev–Trinajstić information content (AvgIpc) is 3.40. The van der Waals surface area contributed by atoms with Crippen LogP contribution in [0.2, 0.25) is 0 Å². The third kappa shape index (κ3) is 4.59. The van der Waals surface area contributed by atoms with Gasteiger partial charge in [0.2, 0.25) is 5.91 Å². The summed E-state index contributed by atoms with van der Waals surface area (Å²) in [5.74, 6) is -0.892. The van der Waals surface area contributed by atoms with Gasteiger partial charge >= 0.3 is 0 Å². The number of benzene rings is 2. The number of methoxy groups -OCH3 is 1. The molecule has 4 rings (SSSR count). The van der Waals surface area contributed by atoms with Gasteiger partial charge in [0.25, 0.3) is 0 Å². The standard InChI is InChI=1S/C21H17FN2O5S2/c1-28-15-5-7-17(8-6-15)31(26,27)13-20(25)24(12-16-3-2-10-29-16)21-23-18-9-4-14(22)11-19(18)30-21/h2-11H,12-13H2,1H3. The second-order valence-corrected chi connectivity index (χ2v) is 9.60. The first-order chi connectivity index (χ1) is 14.9. The maximum Gasteiger partial charge on any atom is 0.244 e. The number of carbonyl (C=O) groups excluding carboxylic acids is 1. The molecule has 4 aromatic rings. The van der Waals surface area contributed by atoms with Crippen molar-refractivity contribution < 1.29 is 26.8 Å². The van der Waals surface area contributed by atoms with Gasteiger partial charge < -0.3 is 9.15 Å². The summed E-state index contributed by atoms with van der Waals surface area (Å²) in [7, 11) is -2.44. The predicted octanol–water partition coefficient (Wildman–Crippen LogP) is 4.04. The van der Waals surface area contributed by atoms with Gasteiger partial charge in [0, 0.05) is 0 Å². The molecule has 0 radical (unpaired) electrons. The van der Waals surface area contributed by atoms with Crippen LogP contribution in [-0.4, -0.2) is 32.2 Å². The summed E-state index contributed by atoms with van der Waals surface area (Å²) in [6.45, 7) is -0.00767. The van der Waals surface area contributed by atoms with E-state index in [1.54, 1.807) is 12.1 Å². The molecule has 2 heterocycles. The zero-order chi connectivity index (χ0) is 22.0. The van der Waals surface area contributed by atoms with E-state index in [1.165, 1.54) is 60.7 Å². The van der Waals surface area contributed by atoms with Gasteiger partial charge in [0.05, 0.1) is 35.0 Å². The monoisotopic (exact) mass is 460 g/mol. The molecule has 0 N–H and O–H groups in total. The van der Waals surface area contributed by atoms with Gasteiger partial charge in [-0.15, -0.1) is 0 Å². The Morgan fingerprint density at radius 2 is 1.97 bits per heavy atom. The van der Waals surface area contributed by atoms with Gasteiger partial charge in [-0.3, -0.25) is 9.69 Å². The smallest absolute Gasteiger partial charge is 0.244 e. The van der Waals surface area contributed by atoms with Gasteiger partial charge in [-0.25, -0.2) is 17.8 Å². The zero-order valence-corrected chi connectivity index (χ0v) is 18.0.